The van der Waals surface area contributed by atoms with Gasteiger partial charge in [0.15, 0.2) is 5.13 Å². The minimum Gasteiger partial charge on any atom is -0.494 e. The topological polar surface area (TPSA) is 118 Å². The first-order valence-corrected chi connectivity index (χ1v) is 11.9. The monoisotopic (exact) mass is 485 g/mol. The number of amides is 2. The molecule has 1 aromatic heterocycles. The fourth-order valence-corrected chi connectivity index (χ4v) is 4.78. The van der Waals surface area contributed by atoms with Gasteiger partial charge in [0, 0.05) is 22.7 Å². The van der Waals surface area contributed by atoms with Crippen molar-refractivity contribution >= 4 is 61.9 Å². The highest BCUT2D eigenvalue weighted by Gasteiger charge is 2.20. The molecule has 0 aliphatic rings. The maximum absolute atomic E-state index is 12.9. The molecule has 2 amide bonds. The molecule has 3 N–H and O–H groups in total. The first-order chi connectivity index (χ1) is 15.9. The van der Waals surface area contributed by atoms with Crippen LogP contribution in [0.15, 0.2) is 59.5 Å². The van der Waals surface area contributed by atoms with Crippen molar-refractivity contribution in [2.45, 2.75) is 30.4 Å². The van der Waals surface area contributed by atoms with Crippen molar-refractivity contribution in [3.05, 3.63) is 54.6 Å². The van der Waals surface area contributed by atoms with Gasteiger partial charge in [-0.1, -0.05) is 24.3 Å². The second kappa shape index (κ2) is 11.5. The van der Waals surface area contributed by atoms with Crippen LogP contribution in [-0.2, 0) is 14.4 Å². The van der Waals surface area contributed by atoms with Crippen LogP contribution in [0, 0.1) is 0 Å². The highest BCUT2D eigenvalue weighted by molar-refractivity contribution is 8.00. The number of nitrogens with one attached hydrogen (secondary N) is 2. The van der Waals surface area contributed by atoms with Crippen LogP contribution in [0.2, 0.25) is 0 Å². The number of benzene rings is 2. The van der Waals surface area contributed by atoms with Gasteiger partial charge in [0.05, 0.1) is 22.1 Å². The Labute approximate surface area is 199 Å². The largest absolute Gasteiger partial charge is 0.494 e. The second-order valence-corrected chi connectivity index (χ2v) is 9.08. The van der Waals surface area contributed by atoms with Crippen molar-refractivity contribution in [3.8, 4) is 5.75 Å². The summed E-state index contributed by atoms with van der Waals surface area (Å²) in [4.78, 5) is 40.5. The lowest BCUT2D eigenvalue weighted by molar-refractivity contribution is -0.131. The molecular weight excluding hydrogens is 462 g/mol. The van der Waals surface area contributed by atoms with Gasteiger partial charge in [0.1, 0.15) is 5.75 Å². The molecule has 1 heterocycles. The Bertz CT molecular complexity index is 1190. The molecule has 172 valence electrons. The zero-order valence-electron chi connectivity index (χ0n) is 18.0. The number of carbonyl (C=O) groups is 3. The number of ether oxygens (including phenoxy) is 1. The number of hydrogen-bond acceptors (Lipinski definition) is 7. The molecule has 0 radical (unpaired) electrons. The predicted octanol–water partition coefficient (Wildman–Crippen LogP) is 4.78. The Balaban J connectivity index is 1.65. The fourth-order valence-electron chi connectivity index (χ4n) is 2.87. The third-order valence-corrected chi connectivity index (χ3v) is 6.61. The van der Waals surface area contributed by atoms with Gasteiger partial charge in [-0.3, -0.25) is 9.59 Å². The van der Waals surface area contributed by atoms with Gasteiger partial charge in [-0.15, -0.1) is 11.8 Å². The number of carbonyl (C=O) groups excluding carboxylic acids is 2. The van der Waals surface area contributed by atoms with E-state index in [-0.39, 0.29) is 11.2 Å². The minimum atomic E-state index is -1.20. The lowest BCUT2D eigenvalue weighted by atomic mass is 10.3. The van der Waals surface area contributed by atoms with Crippen molar-refractivity contribution in [2.75, 3.05) is 17.2 Å². The predicted molar refractivity (Wildman–Crippen MR) is 131 cm³/mol. The van der Waals surface area contributed by atoms with Gasteiger partial charge in [-0.25, -0.2) is 9.78 Å². The summed E-state index contributed by atoms with van der Waals surface area (Å²) in [6, 6.07) is 12.7. The highest BCUT2D eigenvalue weighted by Crippen LogP contribution is 2.32. The average molecular weight is 486 g/mol. The van der Waals surface area contributed by atoms with E-state index in [1.165, 1.54) is 23.1 Å². The van der Waals surface area contributed by atoms with E-state index in [0.717, 1.165) is 33.0 Å². The summed E-state index contributed by atoms with van der Waals surface area (Å²) < 4.78 is 6.44. The molecule has 0 bridgehead atoms. The molecule has 2 aromatic carbocycles. The standard InChI is InChI=1S/C23H23N3O5S2/c1-3-18(32-16-7-5-6-14(12-16)24-20(27)10-11-21(28)29)22(30)26-23-25-17-9-8-15(31-4-2)13-19(17)33-23/h5-13,18H,3-4H2,1-2H3,(H,24,27)(H,28,29)(H,25,26,30)/b11-10+. The molecule has 33 heavy (non-hydrogen) atoms. The van der Waals surface area contributed by atoms with Gasteiger partial charge in [-0.05, 0) is 49.7 Å². The van der Waals surface area contributed by atoms with Gasteiger partial charge in [-0.2, -0.15) is 0 Å². The number of thiazole rings is 1. The number of aliphatic carboxylic acids is 1. The lowest BCUT2D eigenvalue weighted by Crippen LogP contribution is -2.24. The Morgan fingerprint density at radius 2 is 1.97 bits per heavy atom. The SMILES string of the molecule is CCOc1ccc2nc(NC(=O)C(CC)Sc3cccc(NC(=O)/C=C/C(=O)O)c3)sc2c1. The van der Waals surface area contributed by atoms with Crippen LogP contribution < -0.4 is 15.4 Å². The highest BCUT2D eigenvalue weighted by atomic mass is 32.2. The normalized spacial score (nSPS) is 11.9. The Morgan fingerprint density at radius 3 is 2.70 bits per heavy atom. The molecule has 1 unspecified atom stereocenters. The lowest BCUT2D eigenvalue weighted by Gasteiger charge is -2.14. The van der Waals surface area contributed by atoms with Crippen molar-refractivity contribution in [1.82, 2.24) is 4.98 Å². The molecule has 0 saturated heterocycles. The van der Waals surface area contributed by atoms with E-state index in [0.29, 0.717) is 23.8 Å². The smallest absolute Gasteiger partial charge is 0.328 e. The van der Waals surface area contributed by atoms with Crippen LogP contribution in [0.25, 0.3) is 10.2 Å². The van der Waals surface area contributed by atoms with E-state index >= 15 is 0 Å². The third-order valence-electron chi connectivity index (χ3n) is 4.32. The first kappa shape index (κ1) is 24.3. The summed E-state index contributed by atoms with van der Waals surface area (Å²) in [6.45, 7) is 4.42. The van der Waals surface area contributed by atoms with Gasteiger partial charge >= 0.3 is 5.97 Å². The van der Waals surface area contributed by atoms with E-state index in [4.69, 9.17) is 9.84 Å². The van der Waals surface area contributed by atoms with Crippen LogP contribution in [0.3, 0.4) is 0 Å². The number of fused-ring (bicyclic) bond motifs is 1. The maximum Gasteiger partial charge on any atom is 0.328 e. The summed E-state index contributed by atoms with van der Waals surface area (Å²) in [6.07, 6.45) is 2.30. The molecule has 0 aliphatic heterocycles. The van der Waals surface area contributed by atoms with Crippen LogP contribution >= 0.6 is 23.1 Å². The second-order valence-electron chi connectivity index (χ2n) is 6.77. The molecule has 0 aliphatic carbocycles. The number of carboxylic acids is 1. The van der Waals surface area contributed by atoms with E-state index in [9.17, 15) is 14.4 Å². The Hall–Kier alpha value is -3.37. The molecule has 3 rings (SSSR count). The number of carboxylic acid groups (broad SMARTS) is 1. The average Bonchev–Trinajstić information content (AvgIpc) is 3.18. The van der Waals surface area contributed by atoms with Crippen molar-refractivity contribution in [3.63, 3.8) is 0 Å². The van der Waals surface area contributed by atoms with E-state index in [1.807, 2.05) is 38.1 Å². The molecule has 8 nitrogen and oxygen atoms in total. The Kier molecular flexibility index (Phi) is 8.45. The number of aromatic nitrogens is 1. The number of hydrogen-bond donors (Lipinski definition) is 3. The molecule has 0 spiro atoms. The molecule has 1 atom stereocenters. The minimum absolute atomic E-state index is 0.162. The van der Waals surface area contributed by atoms with E-state index in [1.54, 1.807) is 18.2 Å². The van der Waals surface area contributed by atoms with Gasteiger partial charge in [0.2, 0.25) is 11.8 Å². The van der Waals surface area contributed by atoms with E-state index in [2.05, 4.69) is 15.6 Å². The first-order valence-electron chi connectivity index (χ1n) is 10.2. The summed E-state index contributed by atoms with van der Waals surface area (Å²) in [7, 11) is 0. The van der Waals surface area contributed by atoms with Gasteiger partial charge in [0.25, 0.3) is 0 Å². The molecule has 10 heteroatoms. The molecule has 3 aromatic rings. The number of anilines is 2. The van der Waals surface area contributed by atoms with Crippen LogP contribution in [0.1, 0.15) is 20.3 Å². The number of rotatable bonds is 10. The van der Waals surface area contributed by atoms with Crippen molar-refractivity contribution in [2.24, 2.45) is 0 Å². The summed E-state index contributed by atoms with van der Waals surface area (Å²) in [5.74, 6) is -1.15. The molecule has 0 fully saturated rings. The molecule has 0 saturated carbocycles. The van der Waals surface area contributed by atoms with Crippen LogP contribution in [0.4, 0.5) is 10.8 Å². The zero-order chi connectivity index (χ0) is 23.8. The van der Waals surface area contributed by atoms with Crippen molar-refractivity contribution in [1.29, 1.82) is 0 Å². The third kappa shape index (κ3) is 7.06. The number of nitrogens with zero attached hydrogens (tertiary/aromatic N) is 1. The van der Waals surface area contributed by atoms with Crippen LogP contribution in [0.5, 0.6) is 5.75 Å². The van der Waals surface area contributed by atoms with Crippen molar-refractivity contribution < 1.29 is 24.2 Å². The summed E-state index contributed by atoms with van der Waals surface area (Å²) >= 11 is 2.76. The van der Waals surface area contributed by atoms with Gasteiger partial charge < -0.3 is 20.5 Å². The van der Waals surface area contributed by atoms with Crippen LogP contribution in [-0.4, -0.2) is 39.7 Å². The molecular formula is C23H23N3O5S2. The summed E-state index contributed by atoms with van der Waals surface area (Å²) in [5.41, 5.74) is 1.30. The maximum atomic E-state index is 12.9. The van der Waals surface area contributed by atoms with E-state index < -0.39 is 11.9 Å². The zero-order valence-corrected chi connectivity index (χ0v) is 19.7. The summed E-state index contributed by atoms with van der Waals surface area (Å²) in [5, 5.41) is 14.3. The Morgan fingerprint density at radius 1 is 1.15 bits per heavy atom. The fraction of sp³-hybridized carbons (Fsp3) is 0.217. The number of thioether (sulfide) groups is 1. The quantitative estimate of drug-likeness (QED) is 0.279.